The number of hydrogen-bond donors (Lipinski definition) is 0. The summed E-state index contributed by atoms with van der Waals surface area (Å²) in [6.45, 7) is 0.476. The number of hydrogen-bond acceptors (Lipinski definition) is 1. The molecule has 0 aliphatic heterocycles. The minimum atomic E-state index is -0.0788. The van der Waals surface area contributed by atoms with E-state index in [2.05, 4.69) is 0 Å². The van der Waals surface area contributed by atoms with Crippen LogP contribution >= 0.6 is 23.2 Å². The standard InChI is InChI=1S/C17H15Cl2NO/c1-20(12-14-4-2-3-5-16(14)19)17(21)11-8-13-6-9-15(18)10-7-13/h2-11H,12H2,1H3/b11-8+. The van der Waals surface area contributed by atoms with Crippen LogP contribution in [0.5, 0.6) is 0 Å². The van der Waals surface area contributed by atoms with Gasteiger partial charge >= 0.3 is 0 Å². The average molecular weight is 320 g/mol. The van der Waals surface area contributed by atoms with Crippen molar-refractivity contribution in [3.8, 4) is 0 Å². The van der Waals surface area contributed by atoms with Gasteiger partial charge in [0.05, 0.1) is 0 Å². The number of carbonyl (C=O) groups excluding carboxylic acids is 1. The van der Waals surface area contributed by atoms with E-state index < -0.39 is 0 Å². The van der Waals surface area contributed by atoms with E-state index in [0.717, 1.165) is 11.1 Å². The van der Waals surface area contributed by atoms with E-state index in [4.69, 9.17) is 23.2 Å². The molecule has 0 aliphatic carbocycles. The number of likely N-dealkylation sites (N-methyl/N-ethyl adjacent to an activating group) is 1. The quantitative estimate of drug-likeness (QED) is 0.750. The molecule has 2 rings (SSSR count). The van der Waals surface area contributed by atoms with Gasteiger partial charge in [-0.05, 0) is 35.4 Å². The number of rotatable bonds is 4. The molecule has 2 aromatic carbocycles. The number of benzene rings is 2. The van der Waals surface area contributed by atoms with Crippen LogP contribution in [0.3, 0.4) is 0 Å². The minimum Gasteiger partial charge on any atom is -0.338 e. The molecule has 2 nitrogen and oxygen atoms in total. The van der Waals surface area contributed by atoms with Crippen LogP contribution in [-0.2, 0) is 11.3 Å². The third-order valence-corrected chi connectivity index (χ3v) is 3.65. The molecule has 0 saturated carbocycles. The predicted molar refractivity (Wildman–Crippen MR) is 88.4 cm³/mol. The van der Waals surface area contributed by atoms with Gasteiger partial charge in [-0.2, -0.15) is 0 Å². The zero-order valence-electron chi connectivity index (χ0n) is 11.6. The molecule has 21 heavy (non-hydrogen) atoms. The molecule has 108 valence electrons. The topological polar surface area (TPSA) is 20.3 Å². The molecule has 0 radical (unpaired) electrons. The van der Waals surface area contributed by atoms with Gasteiger partial charge < -0.3 is 4.90 Å². The predicted octanol–water partition coefficient (Wildman–Crippen LogP) is 4.67. The summed E-state index contributed by atoms with van der Waals surface area (Å²) in [5, 5.41) is 1.34. The Kier molecular flexibility index (Phi) is 5.43. The highest BCUT2D eigenvalue weighted by Crippen LogP contribution is 2.16. The van der Waals surface area contributed by atoms with E-state index in [9.17, 15) is 4.79 Å². The molecular weight excluding hydrogens is 305 g/mol. The molecule has 0 unspecified atom stereocenters. The maximum absolute atomic E-state index is 12.1. The maximum Gasteiger partial charge on any atom is 0.246 e. The van der Waals surface area contributed by atoms with Crippen LogP contribution in [0.4, 0.5) is 0 Å². The van der Waals surface area contributed by atoms with Crippen LogP contribution in [0.15, 0.2) is 54.6 Å². The minimum absolute atomic E-state index is 0.0788. The highest BCUT2D eigenvalue weighted by molar-refractivity contribution is 6.31. The SMILES string of the molecule is CN(Cc1ccccc1Cl)C(=O)/C=C/c1ccc(Cl)cc1. The number of nitrogens with zero attached hydrogens (tertiary/aromatic N) is 1. The first kappa shape index (κ1) is 15.6. The molecule has 0 aliphatic rings. The van der Waals surface area contributed by atoms with E-state index in [1.807, 2.05) is 36.4 Å². The van der Waals surface area contributed by atoms with Crippen LogP contribution in [0, 0.1) is 0 Å². The van der Waals surface area contributed by atoms with Crippen molar-refractivity contribution >= 4 is 35.2 Å². The summed E-state index contributed by atoms with van der Waals surface area (Å²) in [6.07, 6.45) is 3.31. The molecule has 0 N–H and O–H groups in total. The normalized spacial score (nSPS) is 10.8. The third kappa shape index (κ3) is 4.62. The number of carbonyl (C=O) groups is 1. The van der Waals surface area contributed by atoms with Gasteiger partial charge in [0.1, 0.15) is 0 Å². The van der Waals surface area contributed by atoms with Gasteiger partial charge in [-0.15, -0.1) is 0 Å². The first-order valence-electron chi connectivity index (χ1n) is 6.48. The zero-order valence-corrected chi connectivity index (χ0v) is 13.1. The van der Waals surface area contributed by atoms with Crippen molar-refractivity contribution in [2.75, 3.05) is 7.05 Å². The lowest BCUT2D eigenvalue weighted by atomic mass is 10.2. The summed E-state index contributed by atoms with van der Waals surface area (Å²) in [4.78, 5) is 13.7. The van der Waals surface area contributed by atoms with Crippen LogP contribution in [-0.4, -0.2) is 17.9 Å². The Balaban J connectivity index is 1.99. The molecule has 1 amide bonds. The summed E-state index contributed by atoms with van der Waals surface area (Å²) < 4.78 is 0. The van der Waals surface area contributed by atoms with Crippen molar-refractivity contribution in [1.82, 2.24) is 4.90 Å². The van der Waals surface area contributed by atoms with Crippen molar-refractivity contribution in [2.24, 2.45) is 0 Å². The van der Waals surface area contributed by atoms with Crippen molar-refractivity contribution in [3.63, 3.8) is 0 Å². The third-order valence-electron chi connectivity index (χ3n) is 3.03. The number of amides is 1. The van der Waals surface area contributed by atoms with Gasteiger partial charge in [0.2, 0.25) is 5.91 Å². The monoisotopic (exact) mass is 319 g/mol. The average Bonchev–Trinajstić information content (AvgIpc) is 2.48. The molecule has 0 aromatic heterocycles. The molecule has 0 spiro atoms. The van der Waals surface area contributed by atoms with Crippen LogP contribution in [0.1, 0.15) is 11.1 Å². The first-order valence-corrected chi connectivity index (χ1v) is 7.24. The lowest BCUT2D eigenvalue weighted by Crippen LogP contribution is -2.24. The van der Waals surface area contributed by atoms with Gasteiger partial charge in [0.25, 0.3) is 0 Å². The summed E-state index contributed by atoms with van der Waals surface area (Å²) in [7, 11) is 1.75. The van der Waals surface area contributed by atoms with Gasteiger partial charge in [-0.1, -0.05) is 53.5 Å². The van der Waals surface area contributed by atoms with Crippen molar-refractivity contribution < 1.29 is 4.79 Å². The second-order valence-electron chi connectivity index (χ2n) is 4.67. The zero-order chi connectivity index (χ0) is 15.2. The van der Waals surface area contributed by atoms with E-state index >= 15 is 0 Å². The Labute approximate surface area is 134 Å². The van der Waals surface area contributed by atoms with Gasteiger partial charge in [-0.25, -0.2) is 0 Å². The highest BCUT2D eigenvalue weighted by Gasteiger charge is 2.07. The lowest BCUT2D eigenvalue weighted by molar-refractivity contribution is -0.125. The molecule has 0 fully saturated rings. The molecular formula is C17H15Cl2NO. The van der Waals surface area contributed by atoms with Crippen LogP contribution in [0.25, 0.3) is 6.08 Å². The Bertz CT molecular complexity index is 650. The van der Waals surface area contributed by atoms with Crippen LogP contribution in [0.2, 0.25) is 10.0 Å². The molecule has 2 aromatic rings. The molecule has 0 saturated heterocycles. The Hall–Kier alpha value is -1.77. The van der Waals surface area contributed by atoms with Gasteiger partial charge in [0, 0.05) is 29.7 Å². The van der Waals surface area contributed by atoms with Crippen molar-refractivity contribution in [3.05, 3.63) is 75.8 Å². The Morgan fingerprint density at radius 2 is 1.76 bits per heavy atom. The molecule has 0 heterocycles. The van der Waals surface area contributed by atoms with Gasteiger partial charge in [-0.3, -0.25) is 4.79 Å². The van der Waals surface area contributed by atoms with Crippen LogP contribution < -0.4 is 0 Å². The summed E-state index contributed by atoms with van der Waals surface area (Å²) in [6, 6.07) is 14.8. The summed E-state index contributed by atoms with van der Waals surface area (Å²) in [5.74, 6) is -0.0788. The van der Waals surface area contributed by atoms with Crippen molar-refractivity contribution in [2.45, 2.75) is 6.54 Å². The summed E-state index contributed by atoms with van der Waals surface area (Å²) >= 11 is 11.9. The fourth-order valence-electron chi connectivity index (χ4n) is 1.83. The fraction of sp³-hybridized carbons (Fsp3) is 0.118. The second-order valence-corrected chi connectivity index (χ2v) is 5.51. The molecule has 4 heteroatoms. The van der Waals surface area contributed by atoms with E-state index in [1.165, 1.54) is 0 Å². The smallest absolute Gasteiger partial charge is 0.246 e. The fourth-order valence-corrected chi connectivity index (χ4v) is 2.15. The van der Waals surface area contributed by atoms with E-state index in [-0.39, 0.29) is 5.91 Å². The maximum atomic E-state index is 12.1. The Morgan fingerprint density at radius 1 is 1.10 bits per heavy atom. The van der Waals surface area contributed by atoms with Gasteiger partial charge in [0.15, 0.2) is 0 Å². The molecule has 0 bridgehead atoms. The second kappa shape index (κ2) is 7.30. The van der Waals surface area contributed by atoms with E-state index in [1.54, 1.807) is 36.2 Å². The summed E-state index contributed by atoms with van der Waals surface area (Å²) in [5.41, 5.74) is 1.86. The Morgan fingerprint density at radius 3 is 2.43 bits per heavy atom. The lowest BCUT2D eigenvalue weighted by Gasteiger charge is -2.16. The van der Waals surface area contributed by atoms with Crippen molar-refractivity contribution in [1.29, 1.82) is 0 Å². The van der Waals surface area contributed by atoms with E-state index in [0.29, 0.717) is 16.6 Å². The largest absolute Gasteiger partial charge is 0.338 e. The molecule has 0 atom stereocenters. The first-order chi connectivity index (χ1) is 10.1. The highest BCUT2D eigenvalue weighted by atomic mass is 35.5. The number of halogens is 2.